The standard InChI is InChI=1S/C19H19BrFNO6S/c20-14-1-3-15(4-2-14)27-11-12-28-19(23)17-13-16(5-6-18(17)21)29(24,25)22-7-9-26-10-8-22/h1-6,13H,7-12H2. The normalized spacial score (nSPS) is 15.1. The fourth-order valence-corrected chi connectivity index (χ4v) is 4.36. The van der Waals surface area contributed by atoms with Crippen LogP contribution in [0.25, 0.3) is 0 Å². The molecule has 1 saturated heterocycles. The number of rotatable bonds is 7. The highest BCUT2D eigenvalue weighted by Gasteiger charge is 2.28. The Morgan fingerprint density at radius 1 is 1.10 bits per heavy atom. The first-order valence-electron chi connectivity index (χ1n) is 8.81. The Balaban J connectivity index is 1.62. The Kier molecular flexibility index (Phi) is 7.23. The number of esters is 1. The van der Waals surface area contributed by atoms with Crippen LogP contribution in [-0.2, 0) is 19.5 Å². The summed E-state index contributed by atoms with van der Waals surface area (Å²) in [6, 6.07) is 10.2. The Morgan fingerprint density at radius 3 is 2.48 bits per heavy atom. The van der Waals surface area contributed by atoms with Gasteiger partial charge in [-0.05, 0) is 42.5 Å². The van der Waals surface area contributed by atoms with E-state index in [0.29, 0.717) is 5.75 Å². The van der Waals surface area contributed by atoms with Gasteiger partial charge in [0.2, 0.25) is 10.0 Å². The van der Waals surface area contributed by atoms with Crippen molar-refractivity contribution in [1.82, 2.24) is 4.31 Å². The molecule has 29 heavy (non-hydrogen) atoms. The van der Waals surface area contributed by atoms with Gasteiger partial charge >= 0.3 is 5.97 Å². The summed E-state index contributed by atoms with van der Waals surface area (Å²) in [7, 11) is -3.85. The second-order valence-electron chi connectivity index (χ2n) is 6.10. The molecule has 7 nitrogen and oxygen atoms in total. The minimum Gasteiger partial charge on any atom is -0.490 e. The Hall–Kier alpha value is -2.01. The minimum absolute atomic E-state index is 0.0702. The van der Waals surface area contributed by atoms with E-state index in [1.165, 1.54) is 4.31 Å². The van der Waals surface area contributed by atoms with Crippen LogP contribution >= 0.6 is 15.9 Å². The van der Waals surface area contributed by atoms with Crippen LogP contribution in [0.2, 0.25) is 0 Å². The van der Waals surface area contributed by atoms with Gasteiger partial charge < -0.3 is 14.2 Å². The van der Waals surface area contributed by atoms with Crippen molar-refractivity contribution in [2.45, 2.75) is 4.90 Å². The summed E-state index contributed by atoms with van der Waals surface area (Å²) in [4.78, 5) is 12.1. The van der Waals surface area contributed by atoms with Gasteiger partial charge in [0.15, 0.2) is 0 Å². The van der Waals surface area contributed by atoms with E-state index < -0.39 is 27.4 Å². The van der Waals surface area contributed by atoms with Gasteiger partial charge in [-0.2, -0.15) is 4.31 Å². The van der Waals surface area contributed by atoms with Crippen LogP contribution in [0.4, 0.5) is 4.39 Å². The largest absolute Gasteiger partial charge is 0.490 e. The first-order valence-corrected chi connectivity index (χ1v) is 11.0. The first kappa shape index (κ1) is 21.7. The van der Waals surface area contributed by atoms with E-state index in [1.807, 2.05) is 0 Å². The van der Waals surface area contributed by atoms with Crippen LogP contribution in [0.3, 0.4) is 0 Å². The van der Waals surface area contributed by atoms with Gasteiger partial charge in [-0.25, -0.2) is 17.6 Å². The molecule has 0 aliphatic carbocycles. The number of morpholine rings is 1. The number of halogens is 2. The Bertz CT molecular complexity index is 961. The summed E-state index contributed by atoms with van der Waals surface area (Å²) in [5.41, 5.74) is -0.442. The van der Waals surface area contributed by atoms with Gasteiger partial charge in [-0.3, -0.25) is 0 Å². The third-order valence-electron chi connectivity index (χ3n) is 4.16. The molecule has 0 aromatic heterocycles. The van der Waals surface area contributed by atoms with E-state index in [1.54, 1.807) is 24.3 Å². The van der Waals surface area contributed by atoms with E-state index in [9.17, 15) is 17.6 Å². The number of ether oxygens (including phenoxy) is 3. The fourth-order valence-electron chi connectivity index (χ4n) is 2.66. The smallest absolute Gasteiger partial charge is 0.341 e. The predicted molar refractivity (Wildman–Crippen MR) is 106 cm³/mol. The number of carbonyl (C=O) groups is 1. The summed E-state index contributed by atoms with van der Waals surface area (Å²) in [6.45, 7) is 0.927. The van der Waals surface area contributed by atoms with Gasteiger partial charge in [-0.15, -0.1) is 0 Å². The van der Waals surface area contributed by atoms with E-state index >= 15 is 0 Å². The lowest BCUT2D eigenvalue weighted by Crippen LogP contribution is -2.40. The lowest BCUT2D eigenvalue weighted by molar-refractivity contribution is 0.0445. The highest BCUT2D eigenvalue weighted by Crippen LogP contribution is 2.21. The zero-order valence-electron chi connectivity index (χ0n) is 15.3. The van der Waals surface area contributed by atoms with E-state index in [0.717, 1.165) is 22.7 Å². The molecule has 1 heterocycles. The van der Waals surface area contributed by atoms with Crippen LogP contribution < -0.4 is 4.74 Å². The third kappa shape index (κ3) is 5.53. The van der Waals surface area contributed by atoms with Crippen molar-refractivity contribution in [3.05, 3.63) is 58.3 Å². The second kappa shape index (κ2) is 9.66. The number of sulfonamides is 1. The molecule has 0 amide bonds. The zero-order chi connectivity index (χ0) is 20.9. The van der Waals surface area contributed by atoms with Crippen molar-refractivity contribution in [1.29, 1.82) is 0 Å². The summed E-state index contributed by atoms with van der Waals surface area (Å²) >= 11 is 3.31. The summed E-state index contributed by atoms with van der Waals surface area (Å²) in [5.74, 6) is -1.22. The van der Waals surface area contributed by atoms with Crippen molar-refractivity contribution in [2.75, 3.05) is 39.5 Å². The van der Waals surface area contributed by atoms with Gasteiger partial charge in [-0.1, -0.05) is 15.9 Å². The summed E-state index contributed by atoms with van der Waals surface area (Å²) in [5, 5.41) is 0. The van der Waals surface area contributed by atoms with E-state index in [-0.39, 0.29) is 44.4 Å². The van der Waals surface area contributed by atoms with E-state index in [2.05, 4.69) is 15.9 Å². The molecular weight excluding hydrogens is 469 g/mol. The molecule has 1 fully saturated rings. The third-order valence-corrected chi connectivity index (χ3v) is 6.59. The number of hydrogen-bond acceptors (Lipinski definition) is 6. The maximum Gasteiger partial charge on any atom is 0.341 e. The van der Waals surface area contributed by atoms with Crippen molar-refractivity contribution < 1.29 is 31.8 Å². The summed E-state index contributed by atoms with van der Waals surface area (Å²) in [6.07, 6.45) is 0. The molecule has 2 aromatic carbocycles. The molecule has 0 saturated carbocycles. The summed E-state index contributed by atoms with van der Waals surface area (Å²) < 4.78 is 57.2. The molecule has 2 aromatic rings. The molecular formula is C19H19BrFNO6S. The molecule has 0 radical (unpaired) electrons. The van der Waals surface area contributed by atoms with Gasteiger partial charge in [0.05, 0.1) is 23.7 Å². The molecule has 3 rings (SSSR count). The maximum atomic E-state index is 14.1. The molecule has 10 heteroatoms. The quantitative estimate of drug-likeness (QED) is 0.441. The van der Waals surface area contributed by atoms with Crippen molar-refractivity contribution in [3.8, 4) is 5.75 Å². The lowest BCUT2D eigenvalue weighted by atomic mass is 10.2. The van der Waals surface area contributed by atoms with Crippen LogP contribution in [-0.4, -0.2) is 58.2 Å². The zero-order valence-corrected chi connectivity index (χ0v) is 17.7. The molecule has 1 aliphatic rings. The molecule has 0 bridgehead atoms. The molecule has 0 N–H and O–H groups in total. The number of benzene rings is 2. The number of hydrogen-bond donors (Lipinski definition) is 0. The topological polar surface area (TPSA) is 82.1 Å². The monoisotopic (exact) mass is 487 g/mol. The van der Waals surface area contributed by atoms with Gasteiger partial charge in [0.1, 0.15) is 24.8 Å². The van der Waals surface area contributed by atoms with Crippen LogP contribution in [0.5, 0.6) is 5.75 Å². The maximum absolute atomic E-state index is 14.1. The second-order valence-corrected chi connectivity index (χ2v) is 8.95. The van der Waals surface area contributed by atoms with Crippen molar-refractivity contribution in [3.63, 3.8) is 0 Å². The minimum atomic E-state index is -3.85. The van der Waals surface area contributed by atoms with Crippen LogP contribution in [0, 0.1) is 5.82 Å². The molecule has 156 valence electrons. The van der Waals surface area contributed by atoms with Gasteiger partial charge in [0.25, 0.3) is 0 Å². The molecule has 0 atom stereocenters. The number of carbonyl (C=O) groups excluding carboxylic acids is 1. The average Bonchev–Trinajstić information content (AvgIpc) is 2.73. The molecule has 1 aliphatic heterocycles. The van der Waals surface area contributed by atoms with Crippen LogP contribution in [0.15, 0.2) is 51.8 Å². The SMILES string of the molecule is O=C(OCCOc1ccc(Br)cc1)c1cc(S(=O)(=O)N2CCOCC2)ccc1F. The number of nitrogens with zero attached hydrogens (tertiary/aromatic N) is 1. The van der Waals surface area contributed by atoms with Crippen molar-refractivity contribution >= 4 is 31.9 Å². The lowest BCUT2D eigenvalue weighted by Gasteiger charge is -2.26. The predicted octanol–water partition coefficient (Wildman–Crippen LogP) is 2.84. The Labute approximate surface area is 176 Å². The average molecular weight is 488 g/mol. The van der Waals surface area contributed by atoms with Crippen molar-refractivity contribution in [2.24, 2.45) is 0 Å². The molecule has 0 spiro atoms. The first-order chi connectivity index (χ1) is 13.9. The van der Waals surface area contributed by atoms with E-state index in [4.69, 9.17) is 14.2 Å². The van der Waals surface area contributed by atoms with Crippen LogP contribution in [0.1, 0.15) is 10.4 Å². The van der Waals surface area contributed by atoms with Gasteiger partial charge in [0, 0.05) is 17.6 Å². The fraction of sp³-hybridized carbons (Fsp3) is 0.316. The molecule has 0 unspecified atom stereocenters. The Morgan fingerprint density at radius 2 is 1.79 bits per heavy atom. The highest BCUT2D eigenvalue weighted by molar-refractivity contribution is 9.10. The highest BCUT2D eigenvalue weighted by atomic mass is 79.9.